The van der Waals surface area contributed by atoms with Crippen LogP contribution >= 0.6 is 0 Å². The van der Waals surface area contributed by atoms with E-state index in [4.69, 9.17) is 0 Å². The zero-order valence-electron chi connectivity index (χ0n) is 15.1. The number of hydrogen-bond acceptors (Lipinski definition) is 1. The van der Waals surface area contributed by atoms with Crippen molar-refractivity contribution in [1.29, 1.82) is 0 Å². The van der Waals surface area contributed by atoms with E-state index >= 15 is 0 Å². The SMILES string of the molecule is C(=Cc1ccccn1)c1ccc(C(c2ccccc2)c2ccccc2)cc1. The van der Waals surface area contributed by atoms with Gasteiger partial charge in [0.25, 0.3) is 0 Å². The van der Waals surface area contributed by atoms with E-state index in [2.05, 4.69) is 96.0 Å². The molecule has 0 spiro atoms. The molecule has 1 nitrogen and oxygen atoms in total. The molecule has 0 fully saturated rings. The Kier molecular flexibility index (Phi) is 5.21. The minimum absolute atomic E-state index is 0.237. The lowest BCUT2D eigenvalue weighted by molar-refractivity contribution is 0.977. The van der Waals surface area contributed by atoms with E-state index in [0.717, 1.165) is 5.69 Å². The number of aromatic nitrogens is 1. The van der Waals surface area contributed by atoms with E-state index in [9.17, 15) is 0 Å². The molecule has 0 saturated carbocycles. The fourth-order valence-electron chi connectivity index (χ4n) is 3.32. The molecule has 4 aromatic rings. The third-order valence-electron chi connectivity index (χ3n) is 4.67. The van der Waals surface area contributed by atoms with E-state index in [1.54, 1.807) is 0 Å². The Bertz CT molecular complexity index is 949. The predicted octanol–water partition coefficient (Wildman–Crippen LogP) is 6.43. The molecular weight excluding hydrogens is 326 g/mol. The van der Waals surface area contributed by atoms with Crippen LogP contribution in [-0.2, 0) is 0 Å². The molecule has 1 heteroatoms. The lowest BCUT2D eigenvalue weighted by Crippen LogP contribution is -2.03. The van der Waals surface area contributed by atoms with Crippen molar-refractivity contribution in [2.45, 2.75) is 5.92 Å². The molecule has 0 aliphatic heterocycles. The molecular formula is C26H21N. The molecule has 0 saturated heterocycles. The summed E-state index contributed by atoms with van der Waals surface area (Å²) in [6.45, 7) is 0. The average molecular weight is 347 g/mol. The summed E-state index contributed by atoms with van der Waals surface area (Å²) in [4.78, 5) is 4.33. The molecule has 0 radical (unpaired) electrons. The first kappa shape index (κ1) is 17.0. The standard InChI is InChI=1S/C26H21N/c1-3-9-22(10-4-1)26(23-11-5-2-6-12-23)24-17-14-21(15-18-24)16-19-25-13-7-8-20-27-25/h1-20,26H. The van der Waals surface area contributed by atoms with Crippen molar-refractivity contribution in [1.82, 2.24) is 4.98 Å². The van der Waals surface area contributed by atoms with Gasteiger partial charge in [0, 0.05) is 12.1 Å². The van der Waals surface area contributed by atoms with Crippen molar-refractivity contribution in [3.8, 4) is 0 Å². The topological polar surface area (TPSA) is 12.9 Å². The summed E-state index contributed by atoms with van der Waals surface area (Å²) in [6.07, 6.45) is 5.96. The number of rotatable bonds is 5. The Labute approximate surface area is 160 Å². The van der Waals surface area contributed by atoms with Gasteiger partial charge in [-0.3, -0.25) is 4.98 Å². The number of hydrogen-bond donors (Lipinski definition) is 0. The van der Waals surface area contributed by atoms with Crippen molar-refractivity contribution in [2.75, 3.05) is 0 Å². The van der Waals surface area contributed by atoms with Gasteiger partial charge in [-0.1, -0.05) is 97.1 Å². The van der Waals surface area contributed by atoms with Gasteiger partial charge < -0.3 is 0 Å². The molecule has 1 heterocycles. The quantitative estimate of drug-likeness (QED) is 0.379. The van der Waals surface area contributed by atoms with Crippen molar-refractivity contribution in [3.63, 3.8) is 0 Å². The maximum atomic E-state index is 4.33. The predicted molar refractivity (Wildman–Crippen MR) is 113 cm³/mol. The van der Waals surface area contributed by atoms with Gasteiger partial charge in [-0.25, -0.2) is 0 Å². The van der Waals surface area contributed by atoms with Crippen LogP contribution in [0.25, 0.3) is 12.2 Å². The van der Waals surface area contributed by atoms with Crippen molar-refractivity contribution >= 4 is 12.2 Å². The second-order valence-electron chi connectivity index (χ2n) is 6.51. The van der Waals surface area contributed by atoms with Crippen LogP contribution in [0.4, 0.5) is 0 Å². The third kappa shape index (κ3) is 4.21. The highest BCUT2D eigenvalue weighted by atomic mass is 14.6. The van der Waals surface area contributed by atoms with Gasteiger partial charge in [0.1, 0.15) is 0 Å². The smallest absolute Gasteiger partial charge is 0.0629 e. The Morgan fingerprint density at radius 3 is 1.63 bits per heavy atom. The molecule has 3 aromatic carbocycles. The number of nitrogens with zero attached hydrogens (tertiary/aromatic N) is 1. The highest BCUT2D eigenvalue weighted by Crippen LogP contribution is 2.31. The Balaban J connectivity index is 1.64. The summed E-state index contributed by atoms with van der Waals surface area (Å²) >= 11 is 0. The fraction of sp³-hybridized carbons (Fsp3) is 0.0385. The van der Waals surface area contributed by atoms with E-state index in [1.807, 2.05) is 30.5 Å². The van der Waals surface area contributed by atoms with Gasteiger partial charge in [-0.05, 0) is 40.5 Å². The van der Waals surface area contributed by atoms with E-state index < -0.39 is 0 Å². The summed E-state index contributed by atoms with van der Waals surface area (Å²) in [5, 5.41) is 0. The minimum atomic E-state index is 0.237. The maximum absolute atomic E-state index is 4.33. The van der Waals surface area contributed by atoms with Crippen molar-refractivity contribution in [2.24, 2.45) is 0 Å². The highest BCUT2D eigenvalue weighted by molar-refractivity contribution is 5.68. The van der Waals surface area contributed by atoms with Gasteiger partial charge in [-0.15, -0.1) is 0 Å². The van der Waals surface area contributed by atoms with Crippen LogP contribution in [0, 0.1) is 0 Å². The summed E-state index contributed by atoms with van der Waals surface area (Å²) in [6, 6.07) is 36.1. The Morgan fingerprint density at radius 2 is 1.07 bits per heavy atom. The summed E-state index contributed by atoms with van der Waals surface area (Å²) in [7, 11) is 0. The molecule has 4 rings (SSSR count). The lowest BCUT2D eigenvalue weighted by atomic mass is 9.85. The van der Waals surface area contributed by atoms with Gasteiger partial charge >= 0.3 is 0 Å². The van der Waals surface area contributed by atoms with Crippen molar-refractivity contribution in [3.05, 3.63) is 137 Å². The molecule has 130 valence electrons. The van der Waals surface area contributed by atoms with Crippen LogP contribution < -0.4 is 0 Å². The molecule has 27 heavy (non-hydrogen) atoms. The largest absolute Gasteiger partial charge is 0.257 e. The van der Waals surface area contributed by atoms with Crippen LogP contribution in [-0.4, -0.2) is 4.98 Å². The molecule has 0 atom stereocenters. The summed E-state index contributed by atoms with van der Waals surface area (Å²) in [5.41, 5.74) is 6.04. The zero-order valence-corrected chi connectivity index (χ0v) is 15.1. The molecule has 0 aliphatic rings. The molecule has 0 aliphatic carbocycles. The minimum Gasteiger partial charge on any atom is -0.257 e. The van der Waals surface area contributed by atoms with E-state index in [1.165, 1.54) is 22.3 Å². The normalized spacial score (nSPS) is 11.1. The third-order valence-corrected chi connectivity index (χ3v) is 4.67. The van der Waals surface area contributed by atoms with E-state index in [0.29, 0.717) is 0 Å². The first-order valence-electron chi connectivity index (χ1n) is 9.19. The first-order valence-corrected chi connectivity index (χ1v) is 9.19. The molecule has 0 unspecified atom stereocenters. The van der Waals surface area contributed by atoms with Crippen LogP contribution in [0.3, 0.4) is 0 Å². The lowest BCUT2D eigenvalue weighted by Gasteiger charge is -2.19. The summed E-state index contributed by atoms with van der Waals surface area (Å²) < 4.78 is 0. The second-order valence-corrected chi connectivity index (χ2v) is 6.51. The first-order chi connectivity index (χ1) is 13.4. The van der Waals surface area contributed by atoms with Gasteiger partial charge in [0.2, 0.25) is 0 Å². The molecule has 0 amide bonds. The monoisotopic (exact) mass is 347 g/mol. The number of pyridine rings is 1. The Hall–Kier alpha value is -3.45. The molecule has 0 N–H and O–H groups in total. The summed E-state index contributed by atoms with van der Waals surface area (Å²) in [5.74, 6) is 0.237. The van der Waals surface area contributed by atoms with Crippen LogP contribution in [0.2, 0.25) is 0 Å². The van der Waals surface area contributed by atoms with E-state index in [-0.39, 0.29) is 5.92 Å². The van der Waals surface area contributed by atoms with Crippen LogP contribution in [0.1, 0.15) is 33.9 Å². The number of benzene rings is 3. The fourth-order valence-corrected chi connectivity index (χ4v) is 3.32. The van der Waals surface area contributed by atoms with Crippen molar-refractivity contribution < 1.29 is 0 Å². The zero-order chi connectivity index (χ0) is 18.3. The highest BCUT2D eigenvalue weighted by Gasteiger charge is 2.15. The van der Waals surface area contributed by atoms with Crippen LogP contribution in [0.15, 0.2) is 109 Å². The van der Waals surface area contributed by atoms with Crippen LogP contribution in [0.5, 0.6) is 0 Å². The Morgan fingerprint density at radius 1 is 0.519 bits per heavy atom. The van der Waals surface area contributed by atoms with Gasteiger partial charge in [0.15, 0.2) is 0 Å². The molecule has 0 bridgehead atoms. The maximum Gasteiger partial charge on any atom is 0.0629 e. The van der Waals surface area contributed by atoms with Gasteiger partial charge in [-0.2, -0.15) is 0 Å². The van der Waals surface area contributed by atoms with Gasteiger partial charge in [0.05, 0.1) is 5.69 Å². The molecule has 1 aromatic heterocycles. The average Bonchev–Trinajstić information content (AvgIpc) is 2.76. The second kappa shape index (κ2) is 8.29.